The molecule has 27 heavy (non-hydrogen) atoms. The van der Waals surface area contributed by atoms with Gasteiger partial charge in [-0.3, -0.25) is 0 Å². The van der Waals surface area contributed by atoms with Gasteiger partial charge in [0.05, 0.1) is 11.0 Å². The Labute approximate surface area is 165 Å². The van der Waals surface area contributed by atoms with Crippen LogP contribution in [-0.4, -0.2) is 44.6 Å². The summed E-state index contributed by atoms with van der Waals surface area (Å²) < 4.78 is 6.42. The molecular weight excluding hydrogens is 410 g/mol. The van der Waals surface area contributed by atoms with Crippen LogP contribution in [0.25, 0.3) is 21.9 Å². The van der Waals surface area contributed by atoms with Crippen molar-refractivity contribution in [3.8, 4) is 0 Å². The van der Waals surface area contributed by atoms with E-state index in [1.165, 1.54) is 0 Å². The number of rotatable bonds is 1. The third kappa shape index (κ3) is 3.45. The molecule has 0 aliphatic carbocycles. The van der Waals surface area contributed by atoms with Gasteiger partial charge in [-0.2, -0.15) is 0 Å². The number of ether oxygens (including phenoxy) is 1. The van der Waals surface area contributed by atoms with Crippen LogP contribution in [0.5, 0.6) is 0 Å². The molecule has 3 aromatic rings. The van der Waals surface area contributed by atoms with Gasteiger partial charge in [0, 0.05) is 28.9 Å². The van der Waals surface area contributed by atoms with Gasteiger partial charge in [-0.25, -0.2) is 14.8 Å². The third-order valence-corrected chi connectivity index (χ3v) is 5.15. The van der Waals surface area contributed by atoms with Crippen LogP contribution in [0.15, 0.2) is 22.7 Å². The van der Waals surface area contributed by atoms with Gasteiger partial charge < -0.3 is 20.4 Å². The summed E-state index contributed by atoms with van der Waals surface area (Å²) in [6, 6.07) is 5.91. The molecular formula is C19H22BrN5O2. The number of amides is 1. The van der Waals surface area contributed by atoms with Crippen molar-refractivity contribution >= 4 is 49.8 Å². The molecule has 3 heterocycles. The zero-order valence-electron chi connectivity index (χ0n) is 15.5. The molecule has 3 N–H and O–H groups in total. The summed E-state index contributed by atoms with van der Waals surface area (Å²) in [6.45, 7) is 6.84. The molecule has 2 aromatic heterocycles. The quantitative estimate of drug-likeness (QED) is 0.601. The van der Waals surface area contributed by atoms with Crippen molar-refractivity contribution in [3.05, 3.63) is 28.5 Å². The topological polar surface area (TPSA) is 97.1 Å². The first-order valence-corrected chi connectivity index (χ1v) is 9.73. The Morgan fingerprint density at radius 1 is 1.37 bits per heavy atom. The smallest absolute Gasteiger partial charge is 0.410 e. The number of benzene rings is 1. The molecule has 1 aliphatic heterocycles. The molecule has 0 saturated carbocycles. The van der Waals surface area contributed by atoms with Crippen LogP contribution in [0, 0.1) is 0 Å². The van der Waals surface area contributed by atoms with E-state index >= 15 is 0 Å². The lowest BCUT2D eigenvalue weighted by Gasteiger charge is -2.24. The number of carbonyl (C=O) groups is 1. The number of carbonyl (C=O) groups excluding carboxylic acids is 1. The minimum atomic E-state index is -0.498. The number of aromatic nitrogens is 3. The number of nitrogens with two attached hydrogens (primary N) is 1. The summed E-state index contributed by atoms with van der Waals surface area (Å²) in [5, 5.41) is 0.975. The summed E-state index contributed by atoms with van der Waals surface area (Å²) in [5.74, 6) is 1.36. The minimum Gasteiger partial charge on any atom is -0.444 e. The monoisotopic (exact) mass is 431 g/mol. The Kier molecular flexibility index (Phi) is 4.25. The maximum atomic E-state index is 12.3. The second-order valence-corrected chi connectivity index (χ2v) is 8.83. The molecule has 1 saturated heterocycles. The molecule has 142 valence electrons. The first-order valence-electron chi connectivity index (χ1n) is 8.93. The molecule has 0 radical (unpaired) electrons. The Bertz CT molecular complexity index is 1040. The Hall–Kier alpha value is -2.35. The zero-order valence-corrected chi connectivity index (χ0v) is 17.1. The normalized spacial score (nSPS) is 17.8. The molecule has 1 aromatic carbocycles. The van der Waals surface area contributed by atoms with Crippen molar-refractivity contribution in [2.24, 2.45) is 0 Å². The average Bonchev–Trinajstić information content (AvgIpc) is 3.20. The van der Waals surface area contributed by atoms with Gasteiger partial charge in [-0.05, 0) is 45.4 Å². The van der Waals surface area contributed by atoms with Crippen molar-refractivity contribution < 1.29 is 9.53 Å². The van der Waals surface area contributed by atoms with E-state index in [9.17, 15) is 4.79 Å². The second kappa shape index (κ2) is 6.37. The summed E-state index contributed by atoms with van der Waals surface area (Å²) in [4.78, 5) is 26.6. The van der Waals surface area contributed by atoms with Gasteiger partial charge in [-0.1, -0.05) is 15.9 Å². The Morgan fingerprint density at radius 2 is 2.15 bits per heavy atom. The van der Waals surface area contributed by atoms with Crippen LogP contribution in [0.1, 0.15) is 38.9 Å². The maximum absolute atomic E-state index is 12.3. The fourth-order valence-corrected chi connectivity index (χ4v) is 3.78. The number of hydrogen-bond acceptors (Lipinski definition) is 5. The molecule has 0 spiro atoms. The maximum Gasteiger partial charge on any atom is 0.410 e. The number of nitrogen functional groups attached to an aromatic ring is 1. The lowest BCUT2D eigenvalue weighted by atomic mass is 10.1. The van der Waals surface area contributed by atoms with Crippen molar-refractivity contribution in [2.75, 3.05) is 18.8 Å². The van der Waals surface area contributed by atoms with Crippen LogP contribution in [-0.2, 0) is 4.74 Å². The summed E-state index contributed by atoms with van der Waals surface area (Å²) >= 11 is 3.46. The van der Waals surface area contributed by atoms with Gasteiger partial charge in [0.15, 0.2) is 5.82 Å². The first kappa shape index (κ1) is 18.0. The van der Waals surface area contributed by atoms with Crippen LogP contribution >= 0.6 is 15.9 Å². The molecule has 1 atom stereocenters. The van der Waals surface area contributed by atoms with E-state index in [-0.39, 0.29) is 12.0 Å². The van der Waals surface area contributed by atoms with E-state index in [2.05, 4.69) is 25.9 Å². The molecule has 1 aliphatic rings. The number of imidazole rings is 1. The molecule has 4 rings (SSSR count). The molecule has 1 fully saturated rings. The Balaban J connectivity index is 1.64. The zero-order chi connectivity index (χ0) is 19.3. The van der Waals surface area contributed by atoms with Crippen LogP contribution in [0.4, 0.5) is 10.6 Å². The predicted molar refractivity (Wildman–Crippen MR) is 109 cm³/mol. The summed E-state index contributed by atoms with van der Waals surface area (Å²) in [6.07, 6.45) is 0.549. The first-order chi connectivity index (χ1) is 12.7. The van der Waals surface area contributed by atoms with Gasteiger partial charge in [0.25, 0.3) is 0 Å². The lowest BCUT2D eigenvalue weighted by molar-refractivity contribution is 0.0292. The SMILES string of the molecule is CC(C)(C)OC(=O)N1CCC(c2nc3c(N)nc4cc(Br)ccc4c3[nH]2)C1. The van der Waals surface area contributed by atoms with Crippen molar-refractivity contribution in [1.29, 1.82) is 0 Å². The van der Waals surface area contributed by atoms with E-state index in [0.29, 0.717) is 24.4 Å². The number of likely N-dealkylation sites (tertiary alicyclic amines) is 1. The second-order valence-electron chi connectivity index (χ2n) is 7.92. The number of aromatic amines is 1. The number of H-pyrrole nitrogens is 1. The largest absolute Gasteiger partial charge is 0.444 e. The van der Waals surface area contributed by atoms with Crippen LogP contribution < -0.4 is 5.73 Å². The van der Waals surface area contributed by atoms with E-state index in [1.54, 1.807) is 4.90 Å². The molecule has 1 amide bonds. The van der Waals surface area contributed by atoms with E-state index in [1.807, 2.05) is 39.0 Å². The lowest BCUT2D eigenvalue weighted by Crippen LogP contribution is -2.35. The number of anilines is 1. The van der Waals surface area contributed by atoms with Crippen molar-refractivity contribution in [3.63, 3.8) is 0 Å². The van der Waals surface area contributed by atoms with Crippen LogP contribution in [0.3, 0.4) is 0 Å². The number of halogens is 1. The predicted octanol–water partition coefficient (Wildman–Crippen LogP) is 4.18. The highest BCUT2D eigenvalue weighted by Crippen LogP contribution is 2.32. The highest BCUT2D eigenvalue weighted by atomic mass is 79.9. The Morgan fingerprint density at radius 3 is 2.89 bits per heavy atom. The van der Waals surface area contributed by atoms with Gasteiger partial charge in [0.1, 0.15) is 16.9 Å². The number of fused-ring (bicyclic) bond motifs is 3. The van der Waals surface area contributed by atoms with Gasteiger partial charge >= 0.3 is 6.09 Å². The van der Waals surface area contributed by atoms with E-state index in [0.717, 1.165) is 33.1 Å². The van der Waals surface area contributed by atoms with Crippen molar-refractivity contribution in [1.82, 2.24) is 19.9 Å². The molecule has 8 heteroatoms. The van der Waals surface area contributed by atoms with E-state index < -0.39 is 5.60 Å². The van der Waals surface area contributed by atoms with Crippen LogP contribution in [0.2, 0.25) is 0 Å². The van der Waals surface area contributed by atoms with Crippen molar-refractivity contribution in [2.45, 2.75) is 38.7 Å². The summed E-state index contributed by atoms with van der Waals surface area (Å²) in [5.41, 5.74) is 8.01. The number of pyridine rings is 1. The fourth-order valence-electron chi connectivity index (χ4n) is 3.43. The standard InChI is InChI=1S/C19H22BrN5O2/c1-19(2,3)27-18(26)25-7-6-10(9-25)17-23-14-12-5-4-11(20)8-13(12)22-16(21)15(14)24-17/h4-5,8,10H,6-7,9H2,1-3H3,(H2,21,22)(H,23,24). The molecule has 1 unspecified atom stereocenters. The molecule has 7 nitrogen and oxygen atoms in total. The highest BCUT2D eigenvalue weighted by molar-refractivity contribution is 9.10. The minimum absolute atomic E-state index is 0.120. The number of hydrogen-bond donors (Lipinski definition) is 2. The number of nitrogens with zero attached hydrogens (tertiary/aromatic N) is 3. The van der Waals surface area contributed by atoms with E-state index in [4.69, 9.17) is 15.5 Å². The third-order valence-electron chi connectivity index (χ3n) is 4.66. The highest BCUT2D eigenvalue weighted by Gasteiger charge is 2.32. The number of nitrogens with one attached hydrogen (secondary N) is 1. The summed E-state index contributed by atoms with van der Waals surface area (Å²) in [7, 11) is 0. The molecule has 0 bridgehead atoms. The fraction of sp³-hybridized carbons (Fsp3) is 0.421. The van der Waals surface area contributed by atoms with Gasteiger partial charge in [0.2, 0.25) is 0 Å². The average molecular weight is 432 g/mol. The van der Waals surface area contributed by atoms with Gasteiger partial charge in [-0.15, -0.1) is 0 Å².